The number of rotatable bonds is 4. The van der Waals surface area contributed by atoms with Gasteiger partial charge in [-0.25, -0.2) is 0 Å². The van der Waals surface area contributed by atoms with E-state index in [9.17, 15) is 13.2 Å². The van der Waals surface area contributed by atoms with Gasteiger partial charge in [-0.2, -0.15) is 13.2 Å². The Morgan fingerprint density at radius 3 is 2.08 bits per heavy atom. The molecule has 1 unspecified atom stereocenters. The zero-order valence-electron chi connectivity index (χ0n) is 20.3. The molecular formula is C29H27F3N2O2. The van der Waals surface area contributed by atoms with E-state index in [1.807, 2.05) is 18.2 Å². The van der Waals surface area contributed by atoms with Crippen molar-refractivity contribution < 1.29 is 22.6 Å². The van der Waals surface area contributed by atoms with Gasteiger partial charge in [0.25, 0.3) is 0 Å². The number of pyridine rings is 1. The third-order valence-corrected chi connectivity index (χ3v) is 6.54. The Balaban J connectivity index is 1.51. The van der Waals surface area contributed by atoms with Crippen LogP contribution in [0.4, 0.5) is 18.9 Å². The number of halogens is 3. The van der Waals surface area contributed by atoms with Crippen molar-refractivity contribution in [2.45, 2.75) is 32.2 Å². The number of morpholine rings is 1. The molecule has 4 nitrogen and oxygen atoms in total. The number of benzene rings is 3. The number of hydrogen-bond acceptors (Lipinski definition) is 4. The van der Waals surface area contributed by atoms with E-state index < -0.39 is 11.7 Å². The number of ether oxygens (including phenoxy) is 2. The fourth-order valence-corrected chi connectivity index (χ4v) is 4.94. The van der Waals surface area contributed by atoms with Crippen LogP contribution in [0.1, 0.15) is 19.4 Å². The molecule has 3 aromatic carbocycles. The molecule has 1 aromatic heterocycles. The number of fused-ring (bicyclic) bond motifs is 1. The number of hydrogen-bond donors (Lipinski definition) is 0. The van der Waals surface area contributed by atoms with Crippen molar-refractivity contribution in [3.8, 4) is 28.0 Å². The maximum absolute atomic E-state index is 13.0. The maximum Gasteiger partial charge on any atom is 0.416 e. The van der Waals surface area contributed by atoms with Crippen molar-refractivity contribution >= 4 is 16.6 Å². The highest BCUT2D eigenvalue weighted by Crippen LogP contribution is 2.40. The lowest BCUT2D eigenvalue weighted by molar-refractivity contribution is -0.137. The van der Waals surface area contributed by atoms with E-state index in [1.165, 1.54) is 12.1 Å². The van der Waals surface area contributed by atoms with E-state index in [2.05, 4.69) is 43.0 Å². The number of nitrogens with zero attached hydrogens (tertiary/aromatic N) is 2. The van der Waals surface area contributed by atoms with Gasteiger partial charge in [0.2, 0.25) is 0 Å². The molecular weight excluding hydrogens is 465 g/mol. The van der Waals surface area contributed by atoms with Crippen molar-refractivity contribution in [1.29, 1.82) is 0 Å². The van der Waals surface area contributed by atoms with E-state index in [1.54, 1.807) is 13.3 Å². The molecule has 0 spiro atoms. The fraction of sp³-hybridized carbons (Fsp3) is 0.276. The van der Waals surface area contributed by atoms with Gasteiger partial charge in [0.1, 0.15) is 5.75 Å². The van der Waals surface area contributed by atoms with Crippen LogP contribution in [0.5, 0.6) is 5.75 Å². The topological polar surface area (TPSA) is 34.6 Å². The first-order chi connectivity index (χ1) is 17.2. The molecule has 0 amide bonds. The summed E-state index contributed by atoms with van der Waals surface area (Å²) < 4.78 is 50.7. The summed E-state index contributed by atoms with van der Waals surface area (Å²) >= 11 is 0. The zero-order chi connectivity index (χ0) is 25.4. The normalized spacial score (nSPS) is 18.4. The summed E-state index contributed by atoms with van der Waals surface area (Å²) in [7, 11) is 1.62. The van der Waals surface area contributed by atoms with Crippen LogP contribution in [0, 0.1) is 0 Å². The third kappa shape index (κ3) is 4.63. The van der Waals surface area contributed by atoms with E-state index >= 15 is 0 Å². The van der Waals surface area contributed by atoms with Gasteiger partial charge in [-0.05, 0) is 55.3 Å². The average Bonchev–Trinajstić information content (AvgIpc) is 2.86. The molecule has 1 aliphatic heterocycles. The Kier molecular flexibility index (Phi) is 6.35. The minimum atomic E-state index is -4.37. The molecule has 1 saturated heterocycles. The molecule has 2 atom stereocenters. The van der Waals surface area contributed by atoms with E-state index in [0.717, 1.165) is 53.0 Å². The van der Waals surface area contributed by atoms with Crippen LogP contribution < -0.4 is 9.64 Å². The van der Waals surface area contributed by atoms with Gasteiger partial charge in [-0.1, -0.05) is 36.4 Å². The van der Waals surface area contributed by atoms with Crippen LogP contribution in [0.15, 0.2) is 72.9 Å². The molecule has 1 fully saturated rings. The highest BCUT2D eigenvalue weighted by molar-refractivity contribution is 6.00. The van der Waals surface area contributed by atoms with Crippen LogP contribution in [-0.4, -0.2) is 37.4 Å². The van der Waals surface area contributed by atoms with E-state index in [0.29, 0.717) is 16.8 Å². The summed E-state index contributed by atoms with van der Waals surface area (Å²) in [6.45, 7) is 5.86. The van der Waals surface area contributed by atoms with Crippen molar-refractivity contribution in [2.24, 2.45) is 0 Å². The zero-order valence-corrected chi connectivity index (χ0v) is 20.3. The van der Waals surface area contributed by atoms with E-state index in [4.69, 9.17) is 14.5 Å². The van der Waals surface area contributed by atoms with Crippen LogP contribution in [-0.2, 0) is 10.9 Å². The summed E-state index contributed by atoms with van der Waals surface area (Å²) in [5.41, 5.74) is 4.36. The predicted octanol–water partition coefficient (Wildman–Crippen LogP) is 7.21. The molecule has 0 radical (unpaired) electrons. The molecule has 0 saturated carbocycles. The van der Waals surface area contributed by atoms with Gasteiger partial charge < -0.3 is 14.4 Å². The number of anilines is 1. The van der Waals surface area contributed by atoms with Gasteiger partial charge in [-0.15, -0.1) is 0 Å². The molecule has 0 aliphatic carbocycles. The Morgan fingerprint density at radius 1 is 0.861 bits per heavy atom. The van der Waals surface area contributed by atoms with Gasteiger partial charge in [0.05, 0.1) is 30.4 Å². The van der Waals surface area contributed by atoms with Gasteiger partial charge in [0, 0.05) is 41.5 Å². The Morgan fingerprint density at radius 2 is 1.47 bits per heavy atom. The Hall–Kier alpha value is -3.58. The summed E-state index contributed by atoms with van der Waals surface area (Å²) in [5.74, 6) is 0.676. The Bertz CT molecular complexity index is 1360. The van der Waals surface area contributed by atoms with E-state index in [-0.39, 0.29) is 12.2 Å². The highest BCUT2D eigenvalue weighted by atomic mass is 19.4. The van der Waals surface area contributed by atoms with Crippen molar-refractivity contribution in [1.82, 2.24) is 4.98 Å². The smallest absolute Gasteiger partial charge is 0.416 e. The SMILES string of the molecule is COc1c(-c2ccc(N3CC(C)O[C@H](C)C3)cc2)cnc2c(-c3ccc(C(F)(F)F)cc3)cccc12. The molecule has 2 heterocycles. The standard InChI is InChI=1S/C29H27F3N2O2/c1-18-16-34(17-19(2)36-18)23-13-9-21(10-14-23)26-15-33-27-24(5-4-6-25(27)28(26)35-3)20-7-11-22(12-8-20)29(30,31)32/h4-15,18-19H,16-17H2,1-3H3/t18-,19?/m1/s1. The largest absolute Gasteiger partial charge is 0.495 e. The molecule has 186 valence electrons. The minimum absolute atomic E-state index is 0.178. The van der Waals surface area contributed by atoms with Crippen LogP contribution in [0.3, 0.4) is 0 Å². The molecule has 1 aliphatic rings. The van der Waals surface area contributed by atoms with Gasteiger partial charge >= 0.3 is 6.18 Å². The quantitative estimate of drug-likeness (QED) is 0.302. The first-order valence-corrected chi connectivity index (χ1v) is 11.9. The summed E-state index contributed by atoms with van der Waals surface area (Å²) in [6.07, 6.45) is -2.25. The van der Waals surface area contributed by atoms with Gasteiger partial charge in [-0.3, -0.25) is 4.98 Å². The maximum atomic E-state index is 13.0. The Labute approximate surface area is 208 Å². The second kappa shape index (κ2) is 9.47. The fourth-order valence-electron chi connectivity index (χ4n) is 4.94. The lowest BCUT2D eigenvalue weighted by atomic mass is 9.97. The highest BCUT2D eigenvalue weighted by Gasteiger charge is 2.30. The molecule has 0 N–H and O–H groups in total. The average molecular weight is 493 g/mol. The molecule has 7 heteroatoms. The molecule has 36 heavy (non-hydrogen) atoms. The molecule has 4 aromatic rings. The summed E-state index contributed by atoms with van der Waals surface area (Å²) in [6, 6.07) is 19.1. The van der Waals surface area contributed by atoms with Crippen LogP contribution >= 0.6 is 0 Å². The number of aromatic nitrogens is 1. The number of alkyl halides is 3. The first-order valence-electron chi connectivity index (χ1n) is 11.9. The molecule has 5 rings (SSSR count). The number of para-hydroxylation sites is 1. The van der Waals surface area contributed by atoms with Gasteiger partial charge in [0.15, 0.2) is 0 Å². The van der Waals surface area contributed by atoms with Crippen molar-refractivity contribution in [2.75, 3.05) is 25.1 Å². The monoisotopic (exact) mass is 492 g/mol. The lowest BCUT2D eigenvalue weighted by Gasteiger charge is -2.36. The third-order valence-electron chi connectivity index (χ3n) is 6.54. The predicted molar refractivity (Wildman–Crippen MR) is 136 cm³/mol. The lowest BCUT2D eigenvalue weighted by Crippen LogP contribution is -2.45. The second-order valence-corrected chi connectivity index (χ2v) is 9.19. The molecule has 0 bridgehead atoms. The minimum Gasteiger partial charge on any atom is -0.495 e. The van der Waals surface area contributed by atoms with Crippen LogP contribution in [0.2, 0.25) is 0 Å². The summed E-state index contributed by atoms with van der Waals surface area (Å²) in [4.78, 5) is 7.04. The number of methoxy groups -OCH3 is 1. The summed E-state index contributed by atoms with van der Waals surface area (Å²) in [5, 5.41) is 0.798. The second-order valence-electron chi connectivity index (χ2n) is 9.19. The van der Waals surface area contributed by atoms with Crippen molar-refractivity contribution in [3.05, 3.63) is 78.5 Å². The first kappa shape index (κ1) is 24.1. The van der Waals surface area contributed by atoms with Crippen molar-refractivity contribution in [3.63, 3.8) is 0 Å². The van der Waals surface area contributed by atoms with Crippen LogP contribution in [0.25, 0.3) is 33.2 Å².